The normalized spacial score (nSPS) is 23.5. The Bertz CT molecular complexity index is 750. The highest BCUT2D eigenvalue weighted by atomic mass is 32.1. The molecule has 8 heteroatoms. The van der Waals surface area contributed by atoms with Crippen LogP contribution in [-0.4, -0.2) is 53.9 Å². The zero-order chi connectivity index (χ0) is 18.1. The highest BCUT2D eigenvalue weighted by Gasteiger charge is 2.43. The first-order chi connectivity index (χ1) is 12.6. The number of rotatable bonds is 3. The summed E-state index contributed by atoms with van der Waals surface area (Å²) >= 11 is 1.47. The standard InChI is InChI=1S/C18H21N3O4S/c22-14(20-7-3-1-2-4-8-20)10-21-12-11-25-17(23)15(12)16(19-18(21)24)13-6-5-9-26-13/h5-6,9,16H,1-4,7-8,10-11H2,(H,19,24). The molecule has 1 aromatic heterocycles. The summed E-state index contributed by atoms with van der Waals surface area (Å²) in [5.74, 6) is -0.506. The van der Waals surface area contributed by atoms with E-state index in [4.69, 9.17) is 4.74 Å². The van der Waals surface area contributed by atoms with E-state index in [0.29, 0.717) is 11.3 Å². The number of nitrogens with zero attached hydrogens (tertiary/aromatic N) is 2. The smallest absolute Gasteiger partial charge is 0.338 e. The Hall–Kier alpha value is -2.35. The lowest BCUT2D eigenvalue weighted by molar-refractivity contribution is -0.136. The van der Waals surface area contributed by atoms with Gasteiger partial charge in [-0.3, -0.25) is 9.69 Å². The van der Waals surface area contributed by atoms with Crippen LogP contribution >= 0.6 is 11.3 Å². The fraction of sp³-hybridized carbons (Fsp3) is 0.500. The molecule has 0 aliphatic carbocycles. The molecule has 0 bridgehead atoms. The van der Waals surface area contributed by atoms with E-state index in [0.717, 1.165) is 43.6 Å². The van der Waals surface area contributed by atoms with Crippen molar-refractivity contribution in [2.75, 3.05) is 26.2 Å². The number of thiophene rings is 1. The largest absolute Gasteiger partial charge is 0.456 e. The van der Waals surface area contributed by atoms with Crippen molar-refractivity contribution in [3.63, 3.8) is 0 Å². The quantitative estimate of drug-likeness (QED) is 0.820. The lowest BCUT2D eigenvalue weighted by Gasteiger charge is -2.33. The molecule has 1 unspecified atom stereocenters. The predicted molar refractivity (Wildman–Crippen MR) is 95.3 cm³/mol. The lowest BCUT2D eigenvalue weighted by Crippen LogP contribution is -2.51. The second-order valence-electron chi connectivity index (χ2n) is 6.72. The number of cyclic esters (lactones) is 1. The molecule has 3 amide bonds. The molecule has 1 fully saturated rings. The van der Waals surface area contributed by atoms with Gasteiger partial charge in [-0.25, -0.2) is 9.59 Å². The number of likely N-dealkylation sites (tertiary alicyclic amines) is 1. The minimum absolute atomic E-state index is 0.0384. The molecule has 26 heavy (non-hydrogen) atoms. The molecular formula is C18H21N3O4S. The van der Waals surface area contributed by atoms with Crippen LogP contribution in [0, 0.1) is 0 Å². The molecular weight excluding hydrogens is 354 g/mol. The van der Waals surface area contributed by atoms with E-state index in [1.54, 1.807) is 0 Å². The van der Waals surface area contributed by atoms with Crippen molar-refractivity contribution in [3.05, 3.63) is 33.7 Å². The van der Waals surface area contributed by atoms with Gasteiger partial charge in [0.25, 0.3) is 0 Å². The number of urea groups is 1. The van der Waals surface area contributed by atoms with Gasteiger partial charge in [0.05, 0.1) is 17.3 Å². The molecule has 1 atom stereocenters. The molecule has 0 radical (unpaired) electrons. The summed E-state index contributed by atoms with van der Waals surface area (Å²) in [4.78, 5) is 41.7. The average Bonchev–Trinajstić information content (AvgIpc) is 3.20. The summed E-state index contributed by atoms with van der Waals surface area (Å²) < 4.78 is 5.19. The number of hydrogen-bond donors (Lipinski definition) is 1. The molecule has 1 saturated heterocycles. The van der Waals surface area contributed by atoms with Crippen LogP contribution in [0.15, 0.2) is 28.8 Å². The van der Waals surface area contributed by atoms with Crippen molar-refractivity contribution in [2.45, 2.75) is 31.7 Å². The van der Waals surface area contributed by atoms with Crippen molar-refractivity contribution >= 4 is 29.2 Å². The summed E-state index contributed by atoms with van der Waals surface area (Å²) in [7, 11) is 0. The molecule has 1 aromatic rings. The maximum atomic E-state index is 12.7. The van der Waals surface area contributed by atoms with E-state index in [1.807, 2.05) is 22.4 Å². The monoisotopic (exact) mass is 375 g/mol. The second-order valence-corrected chi connectivity index (χ2v) is 7.69. The molecule has 3 aliphatic rings. The first kappa shape index (κ1) is 17.1. The van der Waals surface area contributed by atoms with Crippen LogP contribution in [0.25, 0.3) is 0 Å². The van der Waals surface area contributed by atoms with Gasteiger partial charge in [0.2, 0.25) is 5.91 Å². The maximum Gasteiger partial charge on any atom is 0.338 e. The van der Waals surface area contributed by atoms with Gasteiger partial charge in [-0.1, -0.05) is 18.9 Å². The fourth-order valence-electron chi connectivity index (χ4n) is 3.70. The van der Waals surface area contributed by atoms with Gasteiger partial charge < -0.3 is 15.0 Å². The van der Waals surface area contributed by atoms with E-state index in [-0.39, 0.29) is 25.1 Å². The summed E-state index contributed by atoms with van der Waals surface area (Å²) in [6, 6.07) is 2.90. The van der Waals surface area contributed by atoms with E-state index in [9.17, 15) is 14.4 Å². The topological polar surface area (TPSA) is 79.0 Å². The van der Waals surface area contributed by atoms with Crippen LogP contribution in [0.5, 0.6) is 0 Å². The Morgan fingerprint density at radius 3 is 2.69 bits per heavy atom. The number of nitrogens with one attached hydrogen (secondary N) is 1. The molecule has 0 spiro atoms. The van der Waals surface area contributed by atoms with Crippen molar-refractivity contribution in [1.82, 2.24) is 15.1 Å². The van der Waals surface area contributed by atoms with E-state index < -0.39 is 12.0 Å². The first-order valence-electron chi connectivity index (χ1n) is 8.94. The van der Waals surface area contributed by atoms with Crippen molar-refractivity contribution in [3.8, 4) is 0 Å². The van der Waals surface area contributed by atoms with Gasteiger partial charge in [-0.05, 0) is 24.3 Å². The van der Waals surface area contributed by atoms with Crippen LogP contribution in [0.3, 0.4) is 0 Å². The molecule has 4 rings (SSSR count). The molecule has 0 aromatic carbocycles. The third-order valence-electron chi connectivity index (χ3n) is 5.08. The third kappa shape index (κ3) is 3.09. The lowest BCUT2D eigenvalue weighted by atomic mass is 10.0. The molecule has 1 N–H and O–H groups in total. The highest BCUT2D eigenvalue weighted by molar-refractivity contribution is 7.10. The molecule has 7 nitrogen and oxygen atoms in total. The van der Waals surface area contributed by atoms with Gasteiger partial charge in [-0.15, -0.1) is 11.3 Å². The fourth-order valence-corrected chi connectivity index (χ4v) is 4.49. The number of ether oxygens (including phenoxy) is 1. The van der Waals surface area contributed by atoms with Crippen LogP contribution in [0.2, 0.25) is 0 Å². The van der Waals surface area contributed by atoms with Crippen molar-refractivity contribution in [2.24, 2.45) is 0 Å². The summed E-state index contributed by atoms with van der Waals surface area (Å²) in [6.07, 6.45) is 4.25. The van der Waals surface area contributed by atoms with Crippen molar-refractivity contribution in [1.29, 1.82) is 0 Å². The van der Waals surface area contributed by atoms with E-state index in [1.165, 1.54) is 16.2 Å². The number of amides is 3. The zero-order valence-corrected chi connectivity index (χ0v) is 15.2. The number of esters is 1. The molecule has 138 valence electrons. The SMILES string of the molecule is O=C1OCC2=C1C(c1cccs1)NC(=O)N2CC(=O)N1CCCCCC1. The summed E-state index contributed by atoms with van der Waals surface area (Å²) in [6.45, 7) is 1.44. The van der Waals surface area contributed by atoms with Crippen LogP contribution < -0.4 is 5.32 Å². The van der Waals surface area contributed by atoms with Gasteiger partial charge in [-0.2, -0.15) is 0 Å². The molecule has 3 aliphatic heterocycles. The van der Waals surface area contributed by atoms with Crippen LogP contribution in [-0.2, 0) is 14.3 Å². The van der Waals surface area contributed by atoms with Gasteiger partial charge in [0, 0.05) is 18.0 Å². The Labute approximate surface area is 155 Å². The summed E-state index contributed by atoms with van der Waals surface area (Å²) in [5, 5.41) is 4.76. The minimum atomic E-state index is -0.503. The average molecular weight is 375 g/mol. The number of hydrogen-bond acceptors (Lipinski definition) is 5. The Morgan fingerprint density at radius 2 is 2.00 bits per heavy atom. The molecule has 4 heterocycles. The Kier molecular flexibility index (Phi) is 4.67. The van der Waals surface area contributed by atoms with Crippen molar-refractivity contribution < 1.29 is 19.1 Å². The van der Waals surface area contributed by atoms with Crippen LogP contribution in [0.4, 0.5) is 4.79 Å². The minimum Gasteiger partial charge on any atom is -0.456 e. The van der Waals surface area contributed by atoms with Gasteiger partial charge >= 0.3 is 12.0 Å². The number of carbonyl (C=O) groups is 3. The zero-order valence-electron chi connectivity index (χ0n) is 14.4. The summed E-state index contributed by atoms with van der Waals surface area (Å²) in [5.41, 5.74) is 0.955. The van der Waals surface area contributed by atoms with Crippen LogP contribution in [0.1, 0.15) is 36.6 Å². The third-order valence-corrected chi connectivity index (χ3v) is 6.02. The van der Waals surface area contributed by atoms with Gasteiger partial charge in [0.1, 0.15) is 13.2 Å². The van der Waals surface area contributed by atoms with E-state index in [2.05, 4.69) is 5.32 Å². The maximum absolute atomic E-state index is 12.7. The highest BCUT2D eigenvalue weighted by Crippen LogP contribution is 2.36. The number of carbonyl (C=O) groups excluding carboxylic acids is 3. The van der Waals surface area contributed by atoms with E-state index >= 15 is 0 Å². The first-order valence-corrected chi connectivity index (χ1v) is 9.82. The second kappa shape index (κ2) is 7.11. The molecule has 0 saturated carbocycles. The predicted octanol–water partition coefficient (Wildman–Crippen LogP) is 2.03. The Balaban J connectivity index is 1.58. The van der Waals surface area contributed by atoms with Gasteiger partial charge in [0.15, 0.2) is 0 Å². The Morgan fingerprint density at radius 1 is 1.23 bits per heavy atom.